The second-order valence-corrected chi connectivity index (χ2v) is 5.72. The molecule has 3 rings (SSSR count). The minimum atomic E-state index is 0.717. The van der Waals surface area contributed by atoms with Crippen LogP contribution in [0.15, 0.2) is 24.3 Å². The number of hydrogen-bond donors (Lipinski definition) is 1. The molecule has 0 bridgehead atoms. The monoisotopic (exact) mass is 250 g/mol. The van der Waals surface area contributed by atoms with Gasteiger partial charge in [-0.15, -0.1) is 0 Å². The van der Waals surface area contributed by atoms with Crippen LogP contribution < -0.4 is 5.32 Å². The van der Waals surface area contributed by atoms with Gasteiger partial charge in [-0.1, -0.05) is 23.7 Å². The van der Waals surface area contributed by atoms with Crippen LogP contribution in [0.5, 0.6) is 0 Å². The van der Waals surface area contributed by atoms with Gasteiger partial charge < -0.3 is 5.32 Å². The molecular formula is C14H19ClN2. The Labute approximate surface area is 108 Å². The molecule has 1 unspecified atom stereocenters. The Hall–Kier alpha value is -0.570. The van der Waals surface area contributed by atoms with E-state index in [1.165, 1.54) is 37.9 Å². The molecule has 1 saturated carbocycles. The molecule has 2 fully saturated rings. The minimum Gasteiger partial charge on any atom is -0.310 e. The number of likely N-dealkylation sites (tertiary alicyclic amines) is 1. The summed E-state index contributed by atoms with van der Waals surface area (Å²) in [4.78, 5) is 2.53. The Bertz CT molecular complexity index is 372. The van der Waals surface area contributed by atoms with Crippen molar-refractivity contribution in [2.75, 3.05) is 13.1 Å². The van der Waals surface area contributed by atoms with E-state index in [0.717, 1.165) is 23.7 Å². The van der Waals surface area contributed by atoms with E-state index in [1.807, 2.05) is 12.1 Å². The first-order chi connectivity index (χ1) is 8.29. The summed E-state index contributed by atoms with van der Waals surface area (Å²) in [6, 6.07) is 9.76. The van der Waals surface area contributed by atoms with Gasteiger partial charge in [0.1, 0.15) is 0 Å². The largest absolute Gasteiger partial charge is 0.310 e. The summed E-state index contributed by atoms with van der Waals surface area (Å²) in [5.74, 6) is 0. The molecule has 1 atom stereocenters. The minimum absolute atomic E-state index is 0.717. The van der Waals surface area contributed by atoms with E-state index in [2.05, 4.69) is 22.3 Å². The van der Waals surface area contributed by atoms with Crippen molar-refractivity contribution in [2.45, 2.75) is 37.9 Å². The molecule has 1 aliphatic heterocycles. The zero-order valence-electron chi connectivity index (χ0n) is 10.0. The lowest BCUT2D eigenvalue weighted by atomic mass is 10.2. The summed E-state index contributed by atoms with van der Waals surface area (Å²) in [7, 11) is 0. The third-order valence-electron chi connectivity index (χ3n) is 3.64. The number of benzene rings is 1. The predicted octanol–water partition coefficient (Wildman–Crippen LogP) is 2.67. The average Bonchev–Trinajstić information content (AvgIpc) is 3.02. The molecule has 3 heteroatoms. The molecule has 1 N–H and O–H groups in total. The number of halogens is 1. The molecule has 17 heavy (non-hydrogen) atoms. The fraction of sp³-hybridized carbons (Fsp3) is 0.571. The van der Waals surface area contributed by atoms with Crippen molar-refractivity contribution in [2.24, 2.45) is 0 Å². The van der Waals surface area contributed by atoms with Crippen molar-refractivity contribution in [3.63, 3.8) is 0 Å². The van der Waals surface area contributed by atoms with Crippen LogP contribution in [0.3, 0.4) is 0 Å². The van der Waals surface area contributed by atoms with Crippen molar-refractivity contribution in [1.82, 2.24) is 10.2 Å². The Kier molecular flexibility index (Phi) is 3.37. The Morgan fingerprint density at radius 1 is 1.12 bits per heavy atom. The van der Waals surface area contributed by atoms with Gasteiger partial charge in [0.25, 0.3) is 0 Å². The van der Waals surface area contributed by atoms with Crippen molar-refractivity contribution in [3.8, 4) is 0 Å². The van der Waals surface area contributed by atoms with Crippen molar-refractivity contribution >= 4 is 11.6 Å². The number of hydrogen-bond acceptors (Lipinski definition) is 2. The first kappa shape index (κ1) is 11.5. The molecule has 1 saturated heterocycles. The van der Waals surface area contributed by atoms with Crippen LogP contribution in [0.25, 0.3) is 0 Å². The molecule has 2 nitrogen and oxygen atoms in total. The molecule has 0 radical (unpaired) electrons. The van der Waals surface area contributed by atoms with E-state index in [-0.39, 0.29) is 0 Å². The fourth-order valence-electron chi connectivity index (χ4n) is 2.54. The van der Waals surface area contributed by atoms with Crippen LogP contribution in [0, 0.1) is 0 Å². The summed E-state index contributed by atoms with van der Waals surface area (Å²) in [6.45, 7) is 3.46. The maximum atomic E-state index is 5.89. The molecule has 0 aromatic heterocycles. The molecule has 92 valence electrons. The van der Waals surface area contributed by atoms with Crippen molar-refractivity contribution in [1.29, 1.82) is 0 Å². The highest BCUT2D eigenvalue weighted by Gasteiger charge is 2.28. The van der Waals surface area contributed by atoms with Gasteiger partial charge in [0.05, 0.1) is 0 Å². The first-order valence-electron chi connectivity index (χ1n) is 6.52. The fourth-order valence-corrected chi connectivity index (χ4v) is 2.67. The highest BCUT2D eigenvalue weighted by Crippen LogP contribution is 2.22. The molecule has 2 aliphatic rings. The molecule has 0 amide bonds. The summed E-state index contributed by atoms with van der Waals surface area (Å²) >= 11 is 5.89. The summed E-state index contributed by atoms with van der Waals surface area (Å²) in [5.41, 5.74) is 1.36. The maximum Gasteiger partial charge on any atom is 0.0406 e. The SMILES string of the molecule is Clc1ccc(CN2CCC(NC3CC3)C2)cc1. The Balaban J connectivity index is 1.50. The predicted molar refractivity (Wildman–Crippen MR) is 71.3 cm³/mol. The third-order valence-corrected chi connectivity index (χ3v) is 3.89. The average molecular weight is 251 g/mol. The second-order valence-electron chi connectivity index (χ2n) is 5.29. The van der Waals surface area contributed by atoms with E-state index < -0.39 is 0 Å². The van der Waals surface area contributed by atoms with Gasteiger partial charge >= 0.3 is 0 Å². The van der Waals surface area contributed by atoms with Gasteiger partial charge in [0, 0.05) is 36.7 Å². The quantitative estimate of drug-likeness (QED) is 0.884. The van der Waals surface area contributed by atoms with Gasteiger partial charge in [-0.25, -0.2) is 0 Å². The molecule has 1 heterocycles. The molecular weight excluding hydrogens is 232 g/mol. The number of nitrogens with one attached hydrogen (secondary N) is 1. The summed E-state index contributed by atoms with van der Waals surface area (Å²) < 4.78 is 0. The van der Waals surface area contributed by atoms with E-state index in [9.17, 15) is 0 Å². The summed E-state index contributed by atoms with van der Waals surface area (Å²) in [6.07, 6.45) is 4.06. The van der Waals surface area contributed by atoms with E-state index >= 15 is 0 Å². The van der Waals surface area contributed by atoms with Gasteiger partial charge in [-0.3, -0.25) is 4.90 Å². The van der Waals surface area contributed by atoms with Gasteiger partial charge in [-0.05, 0) is 37.0 Å². The zero-order chi connectivity index (χ0) is 11.7. The smallest absolute Gasteiger partial charge is 0.0406 e. The van der Waals surface area contributed by atoms with Gasteiger partial charge in [-0.2, -0.15) is 0 Å². The summed E-state index contributed by atoms with van der Waals surface area (Å²) in [5, 5.41) is 4.54. The van der Waals surface area contributed by atoms with E-state index in [1.54, 1.807) is 0 Å². The lowest BCUT2D eigenvalue weighted by molar-refractivity contribution is 0.320. The third kappa shape index (κ3) is 3.21. The molecule has 0 spiro atoms. The van der Waals surface area contributed by atoms with Crippen LogP contribution >= 0.6 is 11.6 Å². The zero-order valence-corrected chi connectivity index (χ0v) is 10.8. The van der Waals surface area contributed by atoms with Crippen LogP contribution in [0.1, 0.15) is 24.8 Å². The first-order valence-corrected chi connectivity index (χ1v) is 6.90. The molecule has 1 aromatic carbocycles. The van der Waals surface area contributed by atoms with Crippen molar-refractivity contribution in [3.05, 3.63) is 34.9 Å². The lowest BCUT2D eigenvalue weighted by Gasteiger charge is -2.16. The van der Waals surface area contributed by atoms with Crippen LogP contribution in [0.4, 0.5) is 0 Å². The number of rotatable bonds is 4. The van der Waals surface area contributed by atoms with Gasteiger partial charge in [0.2, 0.25) is 0 Å². The number of nitrogens with zero attached hydrogens (tertiary/aromatic N) is 1. The van der Waals surface area contributed by atoms with Crippen molar-refractivity contribution < 1.29 is 0 Å². The lowest BCUT2D eigenvalue weighted by Crippen LogP contribution is -2.33. The van der Waals surface area contributed by atoms with Crippen LogP contribution in [0.2, 0.25) is 5.02 Å². The Morgan fingerprint density at radius 3 is 2.59 bits per heavy atom. The molecule has 1 aromatic rings. The topological polar surface area (TPSA) is 15.3 Å². The van der Waals surface area contributed by atoms with Crippen LogP contribution in [-0.4, -0.2) is 30.1 Å². The highest BCUT2D eigenvalue weighted by molar-refractivity contribution is 6.30. The second kappa shape index (κ2) is 4.97. The Morgan fingerprint density at radius 2 is 1.88 bits per heavy atom. The highest BCUT2D eigenvalue weighted by atomic mass is 35.5. The normalized spacial score (nSPS) is 25.4. The maximum absolute atomic E-state index is 5.89. The van der Waals surface area contributed by atoms with Crippen LogP contribution in [-0.2, 0) is 6.54 Å². The van der Waals surface area contributed by atoms with Gasteiger partial charge in [0.15, 0.2) is 0 Å². The van der Waals surface area contributed by atoms with E-state index in [4.69, 9.17) is 11.6 Å². The standard InChI is InChI=1S/C14H19ClN2/c15-12-3-1-11(2-4-12)9-17-8-7-14(10-17)16-13-5-6-13/h1-4,13-14,16H,5-10H2. The van der Waals surface area contributed by atoms with E-state index in [0.29, 0.717) is 0 Å². The molecule has 1 aliphatic carbocycles.